The lowest BCUT2D eigenvalue weighted by atomic mass is 9.97. The molecule has 0 aliphatic rings. The van der Waals surface area contributed by atoms with Crippen molar-refractivity contribution in [1.82, 2.24) is 8.97 Å². The third-order valence-corrected chi connectivity index (χ3v) is 10.3. The second-order valence-corrected chi connectivity index (χ2v) is 13.4. The summed E-state index contributed by atoms with van der Waals surface area (Å²) in [5, 5.41) is 12.8. The van der Waals surface area contributed by atoms with Crippen molar-refractivity contribution in [3.8, 4) is 5.69 Å². The van der Waals surface area contributed by atoms with Gasteiger partial charge in [-0.05, 0) is 100 Å². The number of para-hydroxylation sites is 2. The number of rotatable bonds is 3. The van der Waals surface area contributed by atoms with Crippen molar-refractivity contribution < 1.29 is 0 Å². The van der Waals surface area contributed by atoms with Crippen LogP contribution in [0.3, 0.4) is 0 Å². The van der Waals surface area contributed by atoms with Crippen LogP contribution in [0.5, 0.6) is 0 Å². The Labute approximate surface area is 266 Å². The Morgan fingerprint density at radius 2 is 1.09 bits per heavy atom. The molecule has 0 atom stereocenters. The summed E-state index contributed by atoms with van der Waals surface area (Å²) in [7, 11) is 0. The second kappa shape index (κ2) is 8.99. The molecule has 0 saturated heterocycles. The van der Waals surface area contributed by atoms with Crippen LogP contribution in [0.25, 0.3) is 92.7 Å². The Morgan fingerprint density at radius 3 is 1.67 bits per heavy atom. The van der Waals surface area contributed by atoms with Crippen LogP contribution in [-0.2, 0) is 0 Å². The van der Waals surface area contributed by atoms with E-state index >= 15 is 0 Å². The van der Waals surface area contributed by atoms with E-state index in [1.165, 1.54) is 98.3 Å². The van der Waals surface area contributed by atoms with E-state index in [-0.39, 0.29) is 0 Å². The molecule has 0 aliphatic heterocycles. The van der Waals surface area contributed by atoms with E-state index in [9.17, 15) is 0 Å². The largest absolute Gasteiger partial charge is 0.309 e. The molecule has 7 aromatic carbocycles. The molecule has 3 aromatic heterocycles. The van der Waals surface area contributed by atoms with Gasteiger partial charge in [-0.25, -0.2) is 0 Å². The van der Waals surface area contributed by atoms with Crippen LogP contribution in [0, 0.1) is 0 Å². The average Bonchev–Trinajstić information content (AvgIpc) is 3.69. The number of allylic oxidation sites excluding steroid dienone is 1. The summed E-state index contributed by atoms with van der Waals surface area (Å²) < 4.78 is 4.98. The van der Waals surface area contributed by atoms with E-state index in [2.05, 4.69) is 158 Å². The van der Waals surface area contributed by atoms with Crippen molar-refractivity contribution in [1.29, 1.82) is 0 Å². The van der Waals surface area contributed by atoms with Gasteiger partial charge in [-0.3, -0.25) is 0 Å². The van der Waals surface area contributed by atoms with Crippen LogP contribution >= 0.6 is 0 Å². The van der Waals surface area contributed by atoms with Gasteiger partial charge in [0.15, 0.2) is 0 Å². The molecule has 10 aromatic rings. The molecule has 0 amide bonds. The average molecular weight is 589 g/mol. The van der Waals surface area contributed by atoms with E-state index in [1.54, 1.807) is 0 Å². The van der Waals surface area contributed by atoms with Gasteiger partial charge in [0.2, 0.25) is 0 Å². The number of hydrogen-bond donors (Lipinski definition) is 0. The van der Waals surface area contributed by atoms with Crippen molar-refractivity contribution in [2.45, 2.75) is 26.7 Å². The maximum atomic E-state index is 4.22. The van der Waals surface area contributed by atoms with Gasteiger partial charge in [-0.2, -0.15) is 0 Å². The Balaban J connectivity index is 1.41. The summed E-state index contributed by atoms with van der Waals surface area (Å²) in [6.45, 7) is 10.8. The molecule has 0 unspecified atom stereocenters. The zero-order chi connectivity index (χ0) is 30.8. The van der Waals surface area contributed by atoms with E-state index in [4.69, 9.17) is 0 Å². The lowest BCUT2D eigenvalue weighted by molar-refractivity contribution is 0.869. The predicted molar refractivity (Wildman–Crippen MR) is 199 cm³/mol. The molecular weight excluding hydrogens is 556 g/mol. The zero-order valence-corrected chi connectivity index (χ0v) is 26.2. The van der Waals surface area contributed by atoms with E-state index in [1.807, 2.05) is 0 Å². The fraction of sp³-hybridized carbons (Fsp3) is 0.0909. The first kappa shape index (κ1) is 25.7. The van der Waals surface area contributed by atoms with Crippen molar-refractivity contribution in [2.24, 2.45) is 0 Å². The van der Waals surface area contributed by atoms with Crippen LogP contribution in [0.2, 0.25) is 0 Å². The first-order valence-electron chi connectivity index (χ1n) is 16.2. The number of fused-ring (bicyclic) bond motifs is 11. The highest BCUT2D eigenvalue weighted by atomic mass is 15.0. The molecule has 0 aliphatic carbocycles. The van der Waals surface area contributed by atoms with Gasteiger partial charge in [0.1, 0.15) is 0 Å². The summed E-state index contributed by atoms with van der Waals surface area (Å²) in [6, 6.07) is 45.8. The molecule has 2 nitrogen and oxygen atoms in total. The lowest BCUT2D eigenvalue weighted by Gasteiger charge is -2.10. The Bertz CT molecular complexity index is 2860. The molecular formula is C44H32N2. The van der Waals surface area contributed by atoms with Crippen LogP contribution in [0.4, 0.5) is 0 Å². The minimum atomic E-state index is 0.486. The molecule has 3 heterocycles. The summed E-state index contributed by atoms with van der Waals surface area (Å²) in [5.74, 6) is 0.486. The number of nitrogens with zero attached hydrogens (tertiary/aromatic N) is 2. The maximum Gasteiger partial charge on any atom is 0.0622 e. The summed E-state index contributed by atoms with van der Waals surface area (Å²) >= 11 is 0. The third-order valence-electron chi connectivity index (χ3n) is 10.3. The van der Waals surface area contributed by atoms with Crippen molar-refractivity contribution in [2.75, 3.05) is 0 Å². The van der Waals surface area contributed by atoms with Crippen molar-refractivity contribution in [3.05, 3.63) is 139 Å². The van der Waals surface area contributed by atoms with Crippen LogP contribution in [0.15, 0.2) is 128 Å². The smallest absolute Gasteiger partial charge is 0.0622 e. The van der Waals surface area contributed by atoms with Gasteiger partial charge in [-0.1, -0.05) is 92.7 Å². The molecule has 0 saturated carbocycles. The Hall–Kier alpha value is -5.60. The Morgan fingerprint density at radius 1 is 0.522 bits per heavy atom. The van der Waals surface area contributed by atoms with E-state index in [0.717, 1.165) is 5.57 Å². The lowest BCUT2D eigenvalue weighted by Crippen LogP contribution is -1.93. The van der Waals surface area contributed by atoms with Crippen molar-refractivity contribution >= 4 is 87.0 Å². The predicted octanol–water partition coefficient (Wildman–Crippen LogP) is 12.4. The molecule has 0 bridgehead atoms. The molecule has 0 spiro atoms. The number of benzene rings is 7. The second-order valence-electron chi connectivity index (χ2n) is 13.4. The first-order chi connectivity index (χ1) is 22.4. The monoisotopic (exact) mass is 588 g/mol. The summed E-state index contributed by atoms with van der Waals surface area (Å²) in [4.78, 5) is 0. The topological polar surface area (TPSA) is 9.34 Å². The fourth-order valence-corrected chi connectivity index (χ4v) is 7.99. The van der Waals surface area contributed by atoms with Gasteiger partial charge in [0, 0.05) is 38.0 Å². The SMILES string of the molecule is C=C(C)c1ccc2cc3c(cc2c1)c1cc(-n2c4ccccc4c4ccccc42)cc2c4cc5cc(C(C)C)ccc5cc4n3c12. The van der Waals surface area contributed by atoms with Gasteiger partial charge >= 0.3 is 0 Å². The van der Waals surface area contributed by atoms with Gasteiger partial charge < -0.3 is 8.97 Å². The normalized spacial score (nSPS) is 12.5. The third kappa shape index (κ3) is 3.36. The molecule has 0 N–H and O–H groups in total. The number of hydrogen-bond acceptors (Lipinski definition) is 0. The number of aromatic nitrogens is 2. The molecule has 10 rings (SSSR count). The van der Waals surface area contributed by atoms with E-state index in [0.29, 0.717) is 5.92 Å². The maximum absolute atomic E-state index is 4.22. The highest BCUT2D eigenvalue weighted by Gasteiger charge is 2.22. The molecule has 46 heavy (non-hydrogen) atoms. The molecule has 218 valence electrons. The molecule has 0 radical (unpaired) electrons. The standard InChI is InChI=1S/C44H32N2/c1-25(2)27-13-15-29-21-42-36(19-31(29)17-27)38-23-33(45-40-11-7-5-9-34(40)35-10-6-8-12-41(35)45)24-39-37-20-32-18-28(26(3)4)14-16-30(32)22-43(37)46(42)44(38)39/h5-24,26H,1H2,2-4H3. The van der Waals surface area contributed by atoms with Crippen LogP contribution < -0.4 is 0 Å². The summed E-state index contributed by atoms with van der Waals surface area (Å²) in [5.41, 5.74) is 11.1. The minimum absolute atomic E-state index is 0.486. The van der Waals surface area contributed by atoms with Gasteiger partial charge in [0.25, 0.3) is 0 Å². The van der Waals surface area contributed by atoms with Crippen LogP contribution in [0.1, 0.15) is 37.8 Å². The molecule has 2 heteroatoms. The molecule has 0 fully saturated rings. The van der Waals surface area contributed by atoms with Crippen molar-refractivity contribution in [3.63, 3.8) is 0 Å². The summed E-state index contributed by atoms with van der Waals surface area (Å²) in [6.07, 6.45) is 0. The van der Waals surface area contributed by atoms with E-state index < -0.39 is 0 Å². The highest BCUT2D eigenvalue weighted by molar-refractivity contribution is 6.27. The van der Waals surface area contributed by atoms with Gasteiger partial charge in [0.05, 0.1) is 27.6 Å². The quantitative estimate of drug-likeness (QED) is 0.194. The van der Waals surface area contributed by atoms with Gasteiger partial charge in [-0.15, -0.1) is 0 Å². The zero-order valence-electron chi connectivity index (χ0n) is 26.2. The Kier molecular flexibility index (Phi) is 5.02. The first-order valence-corrected chi connectivity index (χ1v) is 16.2. The van der Waals surface area contributed by atoms with Crippen LogP contribution in [-0.4, -0.2) is 8.97 Å². The highest BCUT2D eigenvalue weighted by Crippen LogP contribution is 2.44. The fourth-order valence-electron chi connectivity index (χ4n) is 7.99. The minimum Gasteiger partial charge on any atom is -0.309 e.